The third-order valence-corrected chi connectivity index (χ3v) is 15.6. The Morgan fingerprint density at radius 1 is 0.330 bits per heavy atom. The summed E-state index contributed by atoms with van der Waals surface area (Å²) in [6.07, 6.45) is -8.15. The number of benzene rings is 9. The number of halogens is 6. The fourth-order valence-electron chi connectivity index (χ4n) is 11.7. The molecular formula is C71H31F6N11. The molecule has 0 saturated carbocycles. The summed E-state index contributed by atoms with van der Waals surface area (Å²) < 4.78 is 93.9. The maximum atomic E-state index is 15.7. The van der Waals surface area contributed by atoms with Crippen molar-refractivity contribution in [2.24, 2.45) is 0 Å². The van der Waals surface area contributed by atoms with E-state index in [2.05, 4.69) is 54.6 Å². The van der Waals surface area contributed by atoms with Crippen LogP contribution in [0.1, 0.15) is 84.4 Å². The average molecular weight is 1150 g/mol. The van der Waals surface area contributed by atoms with Crippen LogP contribution in [0, 0.1) is 102 Å². The zero-order chi connectivity index (χ0) is 61.9. The average Bonchev–Trinajstić information content (AvgIpc) is 1.69. The van der Waals surface area contributed by atoms with Crippen molar-refractivity contribution in [1.29, 1.82) is 47.4 Å². The molecular weight excluding hydrogens is 1120 g/mol. The van der Waals surface area contributed by atoms with E-state index in [9.17, 15) is 60.5 Å². The van der Waals surface area contributed by atoms with Crippen LogP contribution in [-0.4, -0.2) is 9.13 Å². The molecule has 0 bridgehead atoms. The zero-order valence-electron chi connectivity index (χ0n) is 45.2. The largest absolute Gasteiger partial charge is 0.417 e. The van der Waals surface area contributed by atoms with Gasteiger partial charge in [-0.15, -0.1) is 0 Å². The van der Waals surface area contributed by atoms with Crippen molar-refractivity contribution in [3.63, 3.8) is 0 Å². The van der Waals surface area contributed by atoms with E-state index in [4.69, 9.17) is 0 Å². The molecule has 0 fully saturated rings. The van der Waals surface area contributed by atoms with Gasteiger partial charge in [0, 0.05) is 16.2 Å². The van der Waals surface area contributed by atoms with E-state index in [0.29, 0.717) is 107 Å². The molecule has 0 N–H and O–H groups in total. The van der Waals surface area contributed by atoms with E-state index in [1.54, 1.807) is 118 Å². The molecule has 0 atom stereocenters. The number of nitriles is 9. The van der Waals surface area contributed by atoms with Gasteiger partial charge in [-0.05, 0) is 195 Å². The van der Waals surface area contributed by atoms with Gasteiger partial charge < -0.3 is 9.13 Å². The minimum atomic E-state index is -5.39. The standard InChI is InChI=1S/C71H31F6N11/c72-70(73,74)56-5-10-57(63(29-56)71(75,76)77)55-27-68(87-64-23-47(51-15-39(30-78)11-40(16-51)31-79)1-6-58(64)59-7-2-48(24-65(59)87)52-17-41(32-80)12-42(18-52)33-81)62(38-86)69(28-55)88-66-25-49(53-19-43(34-82)13-44(20-53)35-83)3-8-60(66)61-9-4-50(26-67(61)88)54-21-45(36-84)14-46(22-54)37-85/h1-3,5-8,10-29H,4,9H2. The highest BCUT2D eigenvalue weighted by Crippen LogP contribution is 2.47. The fourth-order valence-corrected chi connectivity index (χ4v) is 11.7. The van der Waals surface area contributed by atoms with Crippen LogP contribution in [0.3, 0.4) is 0 Å². The molecule has 2 aromatic heterocycles. The van der Waals surface area contributed by atoms with Crippen molar-refractivity contribution < 1.29 is 26.3 Å². The molecule has 412 valence electrons. The van der Waals surface area contributed by atoms with Gasteiger partial charge >= 0.3 is 12.4 Å². The molecule has 1 aliphatic carbocycles. The van der Waals surface area contributed by atoms with E-state index >= 15 is 13.2 Å². The molecule has 11 nitrogen and oxygen atoms in total. The number of fused-ring (bicyclic) bond motifs is 6. The zero-order valence-corrected chi connectivity index (χ0v) is 45.2. The minimum Gasteiger partial charge on any atom is -0.308 e. The van der Waals surface area contributed by atoms with Crippen LogP contribution in [0.5, 0.6) is 0 Å². The summed E-state index contributed by atoms with van der Waals surface area (Å²) >= 11 is 0. The molecule has 1 aliphatic rings. The maximum Gasteiger partial charge on any atom is 0.417 e. The van der Waals surface area contributed by atoms with Gasteiger partial charge in [0.25, 0.3) is 0 Å². The van der Waals surface area contributed by atoms with Gasteiger partial charge in [-0.2, -0.15) is 73.7 Å². The van der Waals surface area contributed by atoms with Crippen LogP contribution in [0.15, 0.2) is 158 Å². The Hall–Kier alpha value is -13.0. The smallest absolute Gasteiger partial charge is 0.308 e. The van der Waals surface area contributed by atoms with Crippen LogP contribution in [0.25, 0.3) is 100 Å². The normalized spacial score (nSPS) is 11.9. The van der Waals surface area contributed by atoms with Gasteiger partial charge in [0.15, 0.2) is 0 Å². The van der Waals surface area contributed by atoms with Gasteiger partial charge in [-0.1, -0.05) is 42.5 Å². The predicted octanol–water partition coefficient (Wildman–Crippen LogP) is 16.8. The second-order valence-corrected chi connectivity index (χ2v) is 20.7. The van der Waals surface area contributed by atoms with Crippen molar-refractivity contribution >= 4 is 44.4 Å². The summed E-state index contributed by atoms with van der Waals surface area (Å²) in [4.78, 5) is 0. The van der Waals surface area contributed by atoms with E-state index in [-0.39, 0.29) is 73.1 Å². The van der Waals surface area contributed by atoms with Gasteiger partial charge in [0.2, 0.25) is 0 Å². The Labute approximate surface area is 496 Å². The molecule has 2 heterocycles. The first-order valence-corrected chi connectivity index (χ1v) is 26.6. The summed E-state index contributed by atoms with van der Waals surface area (Å²) in [7, 11) is 0. The molecule has 0 radical (unpaired) electrons. The quantitative estimate of drug-likeness (QED) is 0.138. The highest BCUT2D eigenvalue weighted by molar-refractivity contribution is 6.12. The number of nitrogens with zero attached hydrogens (tertiary/aromatic N) is 11. The monoisotopic (exact) mass is 1150 g/mol. The Morgan fingerprint density at radius 3 is 1.10 bits per heavy atom. The van der Waals surface area contributed by atoms with Gasteiger partial charge in [-0.25, -0.2) is 0 Å². The third kappa shape index (κ3) is 9.67. The Morgan fingerprint density at radius 2 is 0.716 bits per heavy atom. The van der Waals surface area contributed by atoms with Crippen molar-refractivity contribution in [3.8, 4) is 111 Å². The van der Waals surface area contributed by atoms with E-state index in [0.717, 1.165) is 6.07 Å². The predicted molar refractivity (Wildman–Crippen MR) is 314 cm³/mol. The maximum absolute atomic E-state index is 15.7. The lowest BCUT2D eigenvalue weighted by molar-refractivity contribution is -0.142. The van der Waals surface area contributed by atoms with Crippen LogP contribution >= 0.6 is 0 Å². The second kappa shape index (κ2) is 21.3. The third-order valence-electron chi connectivity index (χ3n) is 15.6. The highest BCUT2D eigenvalue weighted by atomic mass is 19.4. The molecule has 12 rings (SSSR count). The van der Waals surface area contributed by atoms with Crippen LogP contribution in [0.2, 0.25) is 0 Å². The van der Waals surface area contributed by atoms with Crippen molar-refractivity contribution in [1.82, 2.24) is 9.13 Å². The number of hydrogen-bond donors (Lipinski definition) is 0. The number of hydrogen-bond acceptors (Lipinski definition) is 9. The molecule has 9 aromatic carbocycles. The summed E-state index contributed by atoms with van der Waals surface area (Å²) in [5.74, 6) is 0. The molecule has 11 aromatic rings. The topological polar surface area (TPSA) is 224 Å². The lowest BCUT2D eigenvalue weighted by Crippen LogP contribution is -2.13. The van der Waals surface area contributed by atoms with E-state index in [1.165, 1.54) is 36.4 Å². The molecule has 0 spiro atoms. The Kier molecular flexibility index (Phi) is 13.5. The molecule has 0 amide bonds. The SMILES string of the molecule is N#Cc1cc(C#N)cc(C2=Cc3c(c4ccc(-c5cc(C#N)cc(C#N)c5)cc4n3-c3cc(-c4ccc(C(F)(F)F)cc4C(F)(F)F)cc(-n4c5cc(-c6cc(C#N)cc(C#N)c6)ccc5c5ccc(-c6cc(C#N)cc(C#N)c6)cc54)c3C#N)CC2)c1. The summed E-state index contributed by atoms with van der Waals surface area (Å²) in [6.45, 7) is 0. The lowest BCUT2D eigenvalue weighted by Gasteiger charge is -2.22. The molecule has 0 saturated heterocycles. The van der Waals surface area contributed by atoms with Gasteiger partial charge in [0.05, 0.1) is 138 Å². The van der Waals surface area contributed by atoms with Gasteiger partial charge in [0.1, 0.15) is 11.6 Å². The number of allylic oxidation sites excluding steroid dienone is 1. The highest BCUT2D eigenvalue weighted by Gasteiger charge is 2.39. The van der Waals surface area contributed by atoms with Crippen LogP contribution in [-0.2, 0) is 18.8 Å². The lowest BCUT2D eigenvalue weighted by atomic mass is 9.89. The molecule has 88 heavy (non-hydrogen) atoms. The van der Waals surface area contributed by atoms with Crippen LogP contribution < -0.4 is 0 Å². The van der Waals surface area contributed by atoms with E-state index in [1.807, 2.05) is 0 Å². The first-order chi connectivity index (χ1) is 42.4. The van der Waals surface area contributed by atoms with Crippen molar-refractivity contribution in [2.75, 3.05) is 0 Å². The number of alkyl halides is 6. The van der Waals surface area contributed by atoms with Gasteiger partial charge in [-0.3, -0.25) is 0 Å². The second-order valence-electron chi connectivity index (χ2n) is 20.7. The van der Waals surface area contributed by atoms with Crippen LogP contribution in [0.4, 0.5) is 26.3 Å². The first kappa shape index (κ1) is 55.6. The summed E-state index contributed by atoms with van der Waals surface area (Å²) in [5.41, 5.74) is 2.79. The number of aromatic nitrogens is 2. The Balaban J connectivity index is 1.27. The first-order valence-electron chi connectivity index (χ1n) is 26.6. The summed E-state index contributed by atoms with van der Waals surface area (Å²) in [5, 5.41) is 94.1. The van der Waals surface area contributed by atoms with Crippen molar-refractivity contribution in [3.05, 3.63) is 236 Å². The number of aryl methyl sites for hydroxylation is 1. The van der Waals surface area contributed by atoms with Crippen molar-refractivity contribution in [2.45, 2.75) is 25.2 Å². The Bertz CT molecular complexity index is 5120. The summed E-state index contributed by atoms with van der Waals surface area (Å²) in [6, 6.07) is 57.0. The minimum absolute atomic E-state index is 0.0333. The van der Waals surface area contributed by atoms with E-state index < -0.39 is 29.0 Å². The molecule has 0 aliphatic heterocycles. The molecule has 17 heteroatoms. The number of rotatable bonds is 7. The molecule has 0 unspecified atom stereocenters. The fraction of sp³-hybridized carbons (Fsp3) is 0.0563.